The fourth-order valence-electron chi connectivity index (χ4n) is 4.53. The van der Waals surface area contributed by atoms with Crippen molar-refractivity contribution in [2.75, 3.05) is 11.4 Å². The molecular formula is C21H24FN3O4. The first-order valence-corrected chi connectivity index (χ1v) is 9.85. The average Bonchev–Trinajstić information content (AvgIpc) is 3.42. The number of anilines is 1. The SMILES string of the molecule is CC(=O)NC1CCN(c2c(F)cc3c(=O)c(C(=O)O)cn(C4CC4)c3c2C)C1C. The van der Waals surface area contributed by atoms with Crippen molar-refractivity contribution < 1.29 is 19.1 Å². The van der Waals surface area contributed by atoms with Crippen LogP contribution >= 0.6 is 0 Å². The van der Waals surface area contributed by atoms with Gasteiger partial charge in [-0.3, -0.25) is 9.59 Å². The van der Waals surface area contributed by atoms with E-state index in [1.165, 1.54) is 19.2 Å². The molecule has 8 heteroatoms. The van der Waals surface area contributed by atoms with Gasteiger partial charge in [0.25, 0.3) is 0 Å². The first-order chi connectivity index (χ1) is 13.7. The number of carboxylic acid groups (broad SMARTS) is 1. The van der Waals surface area contributed by atoms with Gasteiger partial charge in [0.15, 0.2) is 0 Å². The Kier molecular flexibility index (Phi) is 4.59. The minimum absolute atomic E-state index is 0.0815. The molecule has 2 fully saturated rings. The molecule has 1 saturated carbocycles. The number of carboxylic acids is 1. The van der Waals surface area contributed by atoms with E-state index >= 15 is 4.39 Å². The molecular weight excluding hydrogens is 377 g/mol. The number of halogens is 1. The lowest BCUT2D eigenvalue weighted by Gasteiger charge is -2.29. The van der Waals surface area contributed by atoms with E-state index in [1.807, 2.05) is 16.4 Å². The highest BCUT2D eigenvalue weighted by molar-refractivity contribution is 5.95. The molecule has 2 aromatic rings. The summed E-state index contributed by atoms with van der Waals surface area (Å²) < 4.78 is 17.1. The Morgan fingerprint density at radius 1 is 1.28 bits per heavy atom. The molecule has 1 aliphatic carbocycles. The molecule has 2 unspecified atom stereocenters. The van der Waals surface area contributed by atoms with Crippen LogP contribution in [0.3, 0.4) is 0 Å². The average molecular weight is 401 g/mol. The molecule has 1 aliphatic heterocycles. The number of fused-ring (bicyclic) bond motifs is 1. The van der Waals surface area contributed by atoms with E-state index in [4.69, 9.17) is 0 Å². The number of aryl methyl sites for hydroxylation is 1. The van der Waals surface area contributed by atoms with Crippen molar-refractivity contribution in [1.82, 2.24) is 9.88 Å². The summed E-state index contributed by atoms with van der Waals surface area (Å²) in [6, 6.07) is 1.10. The fraction of sp³-hybridized carbons (Fsp3) is 0.476. The molecule has 1 amide bonds. The summed E-state index contributed by atoms with van der Waals surface area (Å²) >= 11 is 0. The summed E-state index contributed by atoms with van der Waals surface area (Å²) in [6.45, 7) is 5.76. The zero-order valence-corrected chi connectivity index (χ0v) is 16.7. The van der Waals surface area contributed by atoms with Crippen LogP contribution < -0.4 is 15.6 Å². The number of aromatic nitrogens is 1. The van der Waals surface area contributed by atoms with Crippen molar-refractivity contribution in [2.45, 2.75) is 58.2 Å². The van der Waals surface area contributed by atoms with Crippen molar-refractivity contribution in [3.05, 3.63) is 39.4 Å². The van der Waals surface area contributed by atoms with Crippen LogP contribution in [-0.2, 0) is 4.79 Å². The largest absolute Gasteiger partial charge is 0.477 e. The summed E-state index contributed by atoms with van der Waals surface area (Å²) in [7, 11) is 0. The Labute approximate surface area is 167 Å². The van der Waals surface area contributed by atoms with E-state index in [0.717, 1.165) is 12.8 Å². The zero-order valence-electron chi connectivity index (χ0n) is 16.7. The van der Waals surface area contributed by atoms with Crippen LogP contribution in [0.25, 0.3) is 10.9 Å². The van der Waals surface area contributed by atoms with Gasteiger partial charge < -0.3 is 19.9 Å². The second kappa shape index (κ2) is 6.86. The molecule has 2 N–H and O–H groups in total. The predicted molar refractivity (Wildman–Crippen MR) is 107 cm³/mol. The lowest BCUT2D eigenvalue weighted by atomic mass is 10.0. The maximum Gasteiger partial charge on any atom is 0.341 e. The van der Waals surface area contributed by atoms with Crippen LogP contribution in [0.1, 0.15) is 55.1 Å². The highest BCUT2D eigenvalue weighted by Crippen LogP contribution is 2.41. The van der Waals surface area contributed by atoms with E-state index in [9.17, 15) is 19.5 Å². The van der Waals surface area contributed by atoms with Crippen LogP contribution in [0, 0.1) is 12.7 Å². The lowest BCUT2D eigenvalue weighted by molar-refractivity contribution is -0.119. The number of carbonyl (C=O) groups excluding carboxylic acids is 1. The second-order valence-electron chi connectivity index (χ2n) is 8.07. The first kappa shape index (κ1) is 19.4. The molecule has 2 atom stereocenters. The second-order valence-corrected chi connectivity index (χ2v) is 8.07. The van der Waals surface area contributed by atoms with Gasteiger partial charge in [-0.15, -0.1) is 0 Å². The van der Waals surface area contributed by atoms with E-state index in [1.54, 1.807) is 6.92 Å². The van der Waals surface area contributed by atoms with Crippen LogP contribution in [0.4, 0.5) is 10.1 Å². The summed E-state index contributed by atoms with van der Waals surface area (Å²) in [4.78, 5) is 37.6. The van der Waals surface area contributed by atoms with Crippen LogP contribution in [0.15, 0.2) is 17.1 Å². The standard InChI is InChI=1S/C21H24FN3O4/c1-10-18-14(20(27)15(21(28)29)9-25(18)13-4-5-13)8-16(22)19(10)24-7-6-17(11(24)2)23-12(3)26/h8-9,11,13,17H,4-7H2,1-3H3,(H,23,26)(H,28,29). The van der Waals surface area contributed by atoms with E-state index < -0.39 is 17.2 Å². The molecule has 4 rings (SSSR count). The molecule has 1 saturated heterocycles. The van der Waals surface area contributed by atoms with Crippen molar-refractivity contribution in [1.29, 1.82) is 0 Å². The number of hydrogen-bond donors (Lipinski definition) is 2. The van der Waals surface area contributed by atoms with Crippen LogP contribution in [0.5, 0.6) is 0 Å². The summed E-state index contributed by atoms with van der Waals surface area (Å²) in [5, 5.41) is 12.4. The maximum absolute atomic E-state index is 15.2. The molecule has 0 spiro atoms. The minimum Gasteiger partial charge on any atom is -0.477 e. The summed E-state index contributed by atoms with van der Waals surface area (Å²) in [5.74, 6) is -1.98. The van der Waals surface area contributed by atoms with E-state index in [0.29, 0.717) is 29.7 Å². The number of pyridine rings is 1. The topological polar surface area (TPSA) is 91.6 Å². The van der Waals surface area contributed by atoms with Gasteiger partial charge >= 0.3 is 5.97 Å². The highest BCUT2D eigenvalue weighted by atomic mass is 19.1. The van der Waals surface area contributed by atoms with Crippen LogP contribution in [0.2, 0.25) is 0 Å². The van der Waals surface area contributed by atoms with Crippen molar-refractivity contribution in [3.63, 3.8) is 0 Å². The number of nitrogens with zero attached hydrogens (tertiary/aromatic N) is 2. The van der Waals surface area contributed by atoms with E-state index in [2.05, 4.69) is 5.32 Å². The Morgan fingerprint density at radius 3 is 2.55 bits per heavy atom. The van der Waals surface area contributed by atoms with Gasteiger partial charge in [0.1, 0.15) is 11.4 Å². The molecule has 0 radical (unpaired) electrons. The van der Waals surface area contributed by atoms with Crippen molar-refractivity contribution in [2.24, 2.45) is 0 Å². The van der Waals surface area contributed by atoms with Gasteiger partial charge in [-0.2, -0.15) is 0 Å². The van der Waals surface area contributed by atoms with Crippen LogP contribution in [-0.4, -0.2) is 40.2 Å². The third-order valence-corrected chi connectivity index (χ3v) is 6.08. The number of rotatable bonds is 4. The number of hydrogen-bond acceptors (Lipinski definition) is 4. The van der Waals surface area contributed by atoms with Gasteiger partial charge in [-0.1, -0.05) is 0 Å². The molecule has 1 aromatic heterocycles. The first-order valence-electron chi connectivity index (χ1n) is 9.85. The molecule has 29 heavy (non-hydrogen) atoms. The molecule has 7 nitrogen and oxygen atoms in total. The minimum atomic E-state index is -1.31. The molecule has 2 aliphatic rings. The molecule has 0 bridgehead atoms. The smallest absolute Gasteiger partial charge is 0.341 e. The Balaban J connectivity index is 1.91. The maximum atomic E-state index is 15.2. The summed E-state index contributed by atoms with van der Waals surface area (Å²) in [5.41, 5.74) is 0.625. The Bertz CT molecular complexity index is 1090. The predicted octanol–water partition coefficient (Wildman–Crippen LogP) is 2.59. The van der Waals surface area contributed by atoms with E-state index in [-0.39, 0.29) is 35.0 Å². The Hall–Kier alpha value is -2.90. The fourth-order valence-corrected chi connectivity index (χ4v) is 4.53. The van der Waals surface area contributed by atoms with Crippen molar-refractivity contribution >= 4 is 28.5 Å². The zero-order chi connectivity index (χ0) is 21.0. The molecule has 154 valence electrons. The highest BCUT2D eigenvalue weighted by Gasteiger charge is 2.35. The number of carbonyl (C=O) groups is 2. The monoisotopic (exact) mass is 401 g/mol. The number of benzene rings is 1. The third-order valence-electron chi connectivity index (χ3n) is 6.08. The van der Waals surface area contributed by atoms with Crippen molar-refractivity contribution in [3.8, 4) is 0 Å². The van der Waals surface area contributed by atoms with Gasteiger partial charge in [0, 0.05) is 37.1 Å². The Morgan fingerprint density at radius 2 is 1.97 bits per heavy atom. The third kappa shape index (κ3) is 3.16. The number of aromatic carboxylic acids is 1. The lowest BCUT2D eigenvalue weighted by Crippen LogP contribution is -2.43. The molecule has 1 aromatic carbocycles. The van der Waals surface area contributed by atoms with Gasteiger partial charge in [0.05, 0.1) is 17.2 Å². The summed E-state index contributed by atoms with van der Waals surface area (Å²) in [6.07, 6.45) is 3.89. The van der Waals surface area contributed by atoms with Gasteiger partial charge in [0.2, 0.25) is 11.3 Å². The van der Waals surface area contributed by atoms with Gasteiger partial charge in [-0.05, 0) is 44.7 Å². The normalized spacial score (nSPS) is 21.6. The number of amides is 1. The quantitative estimate of drug-likeness (QED) is 0.822. The molecule has 2 heterocycles. The van der Waals surface area contributed by atoms with Gasteiger partial charge in [-0.25, -0.2) is 9.18 Å². The number of nitrogens with one attached hydrogen (secondary N) is 1.